The van der Waals surface area contributed by atoms with Crippen molar-refractivity contribution in [3.63, 3.8) is 0 Å². The van der Waals surface area contributed by atoms with Crippen molar-refractivity contribution >= 4 is 68.2 Å². The molecule has 2 aliphatic rings. The van der Waals surface area contributed by atoms with Crippen LogP contribution >= 0.6 is 0 Å². The molecule has 0 saturated carbocycles. The van der Waals surface area contributed by atoms with Crippen LogP contribution in [0.25, 0.3) is 55.4 Å². The Morgan fingerprint density at radius 2 is 1.00 bits per heavy atom. The average Bonchev–Trinajstić information content (AvgIpc) is 1.73. The van der Waals surface area contributed by atoms with E-state index in [-0.39, 0.29) is 71.8 Å². The number of aliphatic carboxylic acids is 1. The SMILES string of the molecule is COC(=O)[C@H](Cc1ccc(-c2c(C)c3cc(F)ccc3n(C)c2=O)c2nccn12)NC(=O)c1c(F)cc(N2CCOC[C@@H]2C)cc1F.Cc1c(-c2ccc(C[C@H](NC(=O)c3c(F)cc(N4CCOC[C@@H]4C)cc3F)C(=O)O)n3ccnc23)c(=O)n(C)c2ccc(F)cc12.[Li+].[OH-]. The molecule has 2 fully saturated rings. The van der Waals surface area contributed by atoms with Crippen LogP contribution in [-0.4, -0.2) is 133 Å². The number of hydrogen-bond donors (Lipinski definition) is 3. The third-order valence-corrected chi connectivity index (χ3v) is 17.2. The van der Waals surface area contributed by atoms with Gasteiger partial charge in [0.2, 0.25) is 0 Å². The van der Waals surface area contributed by atoms with Gasteiger partial charge in [-0.3, -0.25) is 19.2 Å². The molecular formula is C67H63F6LiN10O11. The van der Waals surface area contributed by atoms with E-state index in [0.29, 0.717) is 117 Å². The monoisotopic (exact) mass is 1300 g/mol. The predicted octanol–water partition coefficient (Wildman–Crippen LogP) is 5.38. The molecule has 0 radical (unpaired) electrons. The Morgan fingerprint density at radius 1 is 0.611 bits per heavy atom. The quantitative estimate of drug-likeness (QED) is 0.0703. The van der Waals surface area contributed by atoms with Gasteiger partial charge in [-0.2, -0.15) is 0 Å². The second-order valence-corrected chi connectivity index (χ2v) is 22.9. The van der Waals surface area contributed by atoms with Gasteiger partial charge in [-0.05, 0) is 124 Å². The first-order valence-electron chi connectivity index (χ1n) is 29.5. The molecule has 28 heteroatoms. The maximum atomic E-state index is 15.3. The van der Waals surface area contributed by atoms with Crippen LogP contribution in [0.4, 0.5) is 37.7 Å². The van der Waals surface area contributed by atoms with Gasteiger partial charge < -0.3 is 63.2 Å². The minimum atomic E-state index is -1.57. The second-order valence-electron chi connectivity index (χ2n) is 22.9. The van der Waals surface area contributed by atoms with Gasteiger partial charge in [0.25, 0.3) is 22.9 Å². The van der Waals surface area contributed by atoms with Gasteiger partial charge in [-0.25, -0.2) is 45.9 Å². The van der Waals surface area contributed by atoms with E-state index < -0.39 is 81.9 Å². The van der Waals surface area contributed by atoms with Crippen LogP contribution in [0, 0.1) is 48.8 Å². The fourth-order valence-corrected chi connectivity index (χ4v) is 12.4. The molecule has 0 aliphatic carbocycles. The number of rotatable bonds is 14. The van der Waals surface area contributed by atoms with Crippen LogP contribution in [0.1, 0.15) is 57.1 Å². The van der Waals surface area contributed by atoms with Gasteiger partial charge in [0.05, 0.1) is 55.7 Å². The summed E-state index contributed by atoms with van der Waals surface area (Å²) in [6.07, 6.45) is 5.75. The Balaban J connectivity index is 0.000000219. The van der Waals surface area contributed by atoms with Crippen LogP contribution in [0.5, 0.6) is 0 Å². The number of amides is 2. The molecule has 8 heterocycles. The van der Waals surface area contributed by atoms with Crippen LogP contribution in [0.15, 0.2) is 119 Å². The molecule has 4 aromatic carbocycles. The Labute approximate surface area is 549 Å². The molecule has 0 spiro atoms. The Morgan fingerprint density at radius 3 is 1.38 bits per heavy atom. The number of carboxylic acids is 1. The van der Waals surface area contributed by atoms with E-state index in [1.807, 2.05) is 13.8 Å². The number of imidazole rings is 2. The second kappa shape index (κ2) is 28.4. The maximum Gasteiger partial charge on any atom is 1.00 e. The van der Waals surface area contributed by atoms with Gasteiger partial charge in [0.15, 0.2) is 0 Å². The molecule has 12 rings (SSSR count). The van der Waals surface area contributed by atoms with Crippen LogP contribution in [0.2, 0.25) is 0 Å². The summed E-state index contributed by atoms with van der Waals surface area (Å²) in [5.41, 5.74) is 3.53. The third-order valence-electron chi connectivity index (χ3n) is 17.2. The predicted molar refractivity (Wildman–Crippen MR) is 336 cm³/mol. The summed E-state index contributed by atoms with van der Waals surface area (Å²) >= 11 is 0. The fourth-order valence-electron chi connectivity index (χ4n) is 12.4. The number of carbonyl (C=O) groups is 4. The minimum Gasteiger partial charge on any atom is -0.870 e. The number of pyridine rings is 4. The van der Waals surface area contributed by atoms with Crippen molar-refractivity contribution < 1.29 is 89.2 Å². The number of aromatic nitrogens is 6. The standard InChI is InChI=1S/C34H32F3N5O5.C33H30F3N5O5.Li.H2O/c1-18-17-47-12-11-41(18)22-14-25(36)30(26(37)15-22)32(43)39-27(34(45)46-4)16-21-6-7-23(31-38-9-10-42(21)31)29-19(2)24-13-20(35)5-8-28(24)40(3)33(29)44;1-17-16-46-11-10-40(17)21-13-24(35)29(25(36)14-21)31(42)38-26(33(44)45)15-20-5-6-22(30-37-8-9-41(20)30)28-18(2)23-12-19(34)4-7-27(23)39(3)32(28)43;;/h5-10,13-15,18,27H,11-12,16-17H2,1-4H3,(H,39,43);4-9,12-14,17,26H,10-11,15-16H2,1-3H3,(H,38,42)(H,44,45);;1H2/q;;+1;/p-1/t18-,27-;17-,26-;;/m00../s1. The van der Waals surface area contributed by atoms with Crippen molar-refractivity contribution in [2.45, 2.75) is 64.7 Å². The van der Waals surface area contributed by atoms with Crippen LogP contribution in [-0.2, 0) is 50.7 Å². The number of halogens is 6. The number of fused-ring (bicyclic) bond motifs is 4. The van der Waals surface area contributed by atoms with E-state index in [1.165, 1.54) is 51.9 Å². The number of carboxylic acid groups (broad SMARTS) is 1. The summed E-state index contributed by atoms with van der Waals surface area (Å²) in [7, 11) is 4.33. The van der Waals surface area contributed by atoms with E-state index in [0.717, 1.165) is 31.4 Å². The molecule has 490 valence electrons. The normalized spacial score (nSPS) is 15.4. The van der Waals surface area contributed by atoms with Crippen molar-refractivity contribution in [2.24, 2.45) is 14.1 Å². The van der Waals surface area contributed by atoms with Crippen LogP contribution < -0.4 is 50.4 Å². The number of esters is 1. The number of anilines is 2. The van der Waals surface area contributed by atoms with Crippen molar-refractivity contribution in [3.8, 4) is 22.3 Å². The number of nitrogens with zero attached hydrogens (tertiary/aromatic N) is 8. The molecule has 21 nitrogen and oxygen atoms in total. The summed E-state index contributed by atoms with van der Waals surface area (Å²) in [6, 6.07) is 16.0. The van der Waals surface area contributed by atoms with Gasteiger partial charge in [-0.15, -0.1) is 0 Å². The van der Waals surface area contributed by atoms with Crippen LogP contribution in [0.3, 0.4) is 0 Å². The minimum absolute atomic E-state index is 0. The zero-order valence-corrected chi connectivity index (χ0v) is 52.8. The van der Waals surface area contributed by atoms with Gasteiger partial charge >= 0.3 is 30.8 Å². The maximum absolute atomic E-state index is 15.3. The Bertz CT molecular complexity index is 4760. The number of benzene rings is 4. The average molecular weight is 1310 g/mol. The summed E-state index contributed by atoms with van der Waals surface area (Å²) in [4.78, 5) is 90.8. The molecule has 0 bridgehead atoms. The molecule has 2 aliphatic heterocycles. The van der Waals surface area contributed by atoms with Gasteiger partial charge in [0.1, 0.15) is 69.4 Å². The van der Waals surface area contributed by atoms with E-state index in [1.54, 1.807) is 89.3 Å². The number of ether oxygens (including phenoxy) is 3. The molecular weight excluding hydrogens is 1240 g/mol. The molecule has 95 heavy (non-hydrogen) atoms. The number of aryl methyl sites for hydroxylation is 4. The Hall–Kier alpha value is -9.78. The summed E-state index contributed by atoms with van der Waals surface area (Å²) in [6.45, 7) is 9.60. The van der Waals surface area contributed by atoms with Crippen molar-refractivity contribution in [3.05, 3.63) is 199 Å². The summed E-state index contributed by atoms with van der Waals surface area (Å²) < 4.78 is 111. The first-order chi connectivity index (χ1) is 44.4. The zero-order valence-electron chi connectivity index (χ0n) is 52.8. The van der Waals surface area contributed by atoms with Crippen molar-refractivity contribution in [1.82, 2.24) is 38.5 Å². The third kappa shape index (κ3) is 13.4. The molecule has 10 aromatic rings. The van der Waals surface area contributed by atoms with E-state index >= 15 is 17.6 Å². The zero-order chi connectivity index (χ0) is 66.4. The molecule has 2 saturated heterocycles. The van der Waals surface area contributed by atoms with E-state index in [2.05, 4.69) is 20.6 Å². The number of nitrogens with one attached hydrogen (secondary N) is 2. The number of carbonyl (C=O) groups excluding carboxylic acids is 3. The molecule has 4 atom stereocenters. The molecule has 4 N–H and O–H groups in total. The summed E-state index contributed by atoms with van der Waals surface area (Å²) in [5, 5.41) is 15.8. The molecule has 2 amide bonds. The smallest absolute Gasteiger partial charge is 0.870 e. The summed E-state index contributed by atoms with van der Waals surface area (Å²) in [5.74, 6) is -9.89. The largest absolute Gasteiger partial charge is 1.00 e. The number of hydrogen-bond acceptors (Lipinski definition) is 14. The van der Waals surface area contributed by atoms with Crippen molar-refractivity contribution in [1.29, 1.82) is 0 Å². The molecule has 6 aromatic heterocycles. The van der Waals surface area contributed by atoms with Gasteiger partial charge in [0, 0.05) is 122 Å². The van der Waals surface area contributed by atoms with E-state index in [9.17, 15) is 42.7 Å². The van der Waals surface area contributed by atoms with Gasteiger partial charge in [-0.1, -0.05) is 0 Å². The van der Waals surface area contributed by atoms with E-state index in [4.69, 9.17) is 14.2 Å². The topological polar surface area (TPSA) is 255 Å². The Kier molecular flexibility index (Phi) is 20.8. The molecule has 0 unspecified atom stereocenters. The van der Waals surface area contributed by atoms with Crippen molar-refractivity contribution in [2.75, 3.05) is 56.4 Å². The first-order valence-corrected chi connectivity index (χ1v) is 29.5. The number of methoxy groups -OCH3 is 1. The number of morpholine rings is 2. The first kappa shape index (κ1) is 69.6. The fraction of sp³-hybridized carbons (Fsp3) is 0.284.